The van der Waals surface area contributed by atoms with Gasteiger partial charge in [0.15, 0.2) is 0 Å². The number of hydrogen-bond acceptors (Lipinski definition) is 3. The van der Waals surface area contributed by atoms with Crippen LogP contribution in [0.15, 0.2) is 18.2 Å². The largest absolute Gasteiger partial charge is 0.493 e. The molecule has 0 unspecified atom stereocenters. The number of hydrogen-bond donors (Lipinski definition) is 2. The van der Waals surface area contributed by atoms with E-state index >= 15 is 0 Å². The molecule has 0 fully saturated rings. The van der Waals surface area contributed by atoms with E-state index in [2.05, 4.69) is 26.1 Å². The summed E-state index contributed by atoms with van der Waals surface area (Å²) < 4.78 is 19.2. The molecule has 0 aromatic heterocycles. The summed E-state index contributed by atoms with van der Waals surface area (Å²) in [7, 11) is 0. The molecule has 0 aliphatic rings. The number of unbranched alkanes of at least 4 members (excludes halogenated alkanes) is 3. The average Bonchev–Trinajstić information content (AvgIpc) is 2.39. The van der Waals surface area contributed by atoms with Crippen molar-refractivity contribution in [3.8, 4) is 5.75 Å². The maximum atomic E-state index is 13.6. The minimum absolute atomic E-state index is 0.0000439. The van der Waals surface area contributed by atoms with Crippen molar-refractivity contribution in [2.45, 2.75) is 58.5 Å². The highest BCUT2D eigenvalue weighted by atomic mass is 19.1. The number of rotatable bonds is 9. The van der Waals surface area contributed by atoms with Crippen molar-refractivity contribution < 1.29 is 14.2 Å². The molecule has 3 nitrogen and oxygen atoms in total. The molecule has 2 N–H and O–H groups in total. The predicted molar refractivity (Wildman–Crippen MR) is 84.0 cm³/mol. The lowest BCUT2D eigenvalue weighted by Crippen LogP contribution is -2.35. The summed E-state index contributed by atoms with van der Waals surface area (Å²) in [5.41, 5.74) is 0.889. The van der Waals surface area contributed by atoms with Crippen molar-refractivity contribution in [2.75, 3.05) is 13.2 Å². The Morgan fingerprint density at radius 2 is 1.81 bits per heavy atom. The third-order valence-electron chi connectivity index (χ3n) is 3.08. The van der Waals surface area contributed by atoms with E-state index in [9.17, 15) is 4.39 Å². The molecule has 0 saturated carbocycles. The fourth-order valence-electron chi connectivity index (χ4n) is 1.93. The molecular weight excluding hydrogens is 269 g/mol. The fraction of sp³-hybridized carbons (Fsp3) is 0.647. The molecule has 0 radical (unpaired) electrons. The summed E-state index contributed by atoms with van der Waals surface area (Å²) in [5, 5.41) is 12.0. The molecule has 0 aliphatic carbocycles. The maximum absolute atomic E-state index is 13.6. The van der Waals surface area contributed by atoms with Crippen LogP contribution >= 0.6 is 0 Å². The Morgan fingerprint density at radius 3 is 2.48 bits per heavy atom. The summed E-state index contributed by atoms with van der Waals surface area (Å²) >= 11 is 0. The van der Waals surface area contributed by atoms with Crippen molar-refractivity contribution in [3.63, 3.8) is 0 Å². The summed E-state index contributed by atoms with van der Waals surface area (Å²) in [6.07, 6.45) is 3.78. The third-order valence-corrected chi connectivity index (χ3v) is 3.08. The summed E-state index contributed by atoms with van der Waals surface area (Å²) in [4.78, 5) is 0. The molecule has 21 heavy (non-hydrogen) atoms. The van der Waals surface area contributed by atoms with Crippen LogP contribution in [0.25, 0.3) is 0 Å². The van der Waals surface area contributed by atoms with E-state index < -0.39 is 0 Å². The van der Waals surface area contributed by atoms with Gasteiger partial charge in [0.05, 0.1) is 6.61 Å². The minimum Gasteiger partial charge on any atom is -0.493 e. The van der Waals surface area contributed by atoms with Crippen molar-refractivity contribution >= 4 is 0 Å². The third kappa shape index (κ3) is 8.68. The topological polar surface area (TPSA) is 41.5 Å². The van der Waals surface area contributed by atoms with Crippen LogP contribution in [0.5, 0.6) is 5.75 Å². The van der Waals surface area contributed by atoms with E-state index in [1.165, 1.54) is 12.1 Å². The Morgan fingerprint density at radius 1 is 1.10 bits per heavy atom. The fourth-order valence-corrected chi connectivity index (χ4v) is 1.93. The molecule has 4 heteroatoms. The van der Waals surface area contributed by atoms with Gasteiger partial charge in [0.25, 0.3) is 0 Å². The standard InChI is InChI=1S/C17H28FNO2/c1-17(2,3)19-13-14-10-15(18)12-16(11-14)21-9-7-5-4-6-8-20/h10-12,19-20H,4-9,13H2,1-3H3. The van der Waals surface area contributed by atoms with Crippen LogP contribution in [-0.2, 0) is 6.54 Å². The van der Waals surface area contributed by atoms with Crippen LogP contribution in [0.4, 0.5) is 4.39 Å². The molecule has 0 atom stereocenters. The van der Waals surface area contributed by atoms with Crippen molar-refractivity contribution in [3.05, 3.63) is 29.6 Å². The normalized spacial score (nSPS) is 11.7. The van der Waals surface area contributed by atoms with E-state index in [-0.39, 0.29) is 18.0 Å². The van der Waals surface area contributed by atoms with Crippen LogP contribution in [0, 0.1) is 5.82 Å². The Hall–Kier alpha value is -1.13. The Kier molecular flexibility index (Phi) is 7.68. The van der Waals surface area contributed by atoms with Crippen molar-refractivity contribution in [2.24, 2.45) is 0 Å². The summed E-state index contributed by atoms with van der Waals surface area (Å²) in [6.45, 7) is 7.69. The molecule has 0 heterocycles. The number of halogens is 1. The number of benzene rings is 1. The predicted octanol–water partition coefficient (Wildman–Crippen LogP) is 3.65. The van der Waals surface area contributed by atoms with Gasteiger partial charge in [-0.15, -0.1) is 0 Å². The molecule has 1 rings (SSSR count). The van der Waals surface area contributed by atoms with E-state index in [0.717, 1.165) is 31.2 Å². The lowest BCUT2D eigenvalue weighted by Gasteiger charge is -2.20. The zero-order chi connectivity index (χ0) is 15.7. The van der Waals surface area contributed by atoms with Gasteiger partial charge in [-0.25, -0.2) is 4.39 Å². The van der Waals surface area contributed by atoms with Crippen LogP contribution in [-0.4, -0.2) is 23.9 Å². The highest BCUT2D eigenvalue weighted by Crippen LogP contribution is 2.17. The molecule has 0 spiro atoms. The van der Waals surface area contributed by atoms with Gasteiger partial charge >= 0.3 is 0 Å². The number of nitrogens with one attached hydrogen (secondary N) is 1. The molecule has 0 amide bonds. The number of ether oxygens (including phenoxy) is 1. The van der Waals surface area contributed by atoms with E-state index in [1.54, 1.807) is 0 Å². The van der Waals surface area contributed by atoms with Gasteiger partial charge in [0.2, 0.25) is 0 Å². The van der Waals surface area contributed by atoms with Crippen molar-refractivity contribution in [1.82, 2.24) is 5.32 Å². The van der Waals surface area contributed by atoms with Gasteiger partial charge in [0, 0.05) is 24.8 Å². The second-order valence-electron chi connectivity index (χ2n) is 6.39. The minimum atomic E-state index is -0.265. The number of aliphatic hydroxyl groups excluding tert-OH is 1. The molecular formula is C17H28FNO2. The van der Waals surface area contributed by atoms with Crippen LogP contribution in [0.2, 0.25) is 0 Å². The zero-order valence-electron chi connectivity index (χ0n) is 13.4. The van der Waals surface area contributed by atoms with E-state index in [0.29, 0.717) is 18.9 Å². The average molecular weight is 297 g/mol. The Balaban J connectivity index is 2.42. The summed E-state index contributed by atoms with van der Waals surface area (Å²) in [5.74, 6) is 0.321. The van der Waals surface area contributed by atoms with Gasteiger partial charge in [-0.05, 0) is 57.7 Å². The molecule has 1 aromatic rings. The second-order valence-corrected chi connectivity index (χ2v) is 6.39. The first-order chi connectivity index (χ1) is 9.90. The van der Waals surface area contributed by atoms with E-state index in [4.69, 9.17) is 9.84 Å². The first kappa shape index (κ1) is 17.9. The SMILES string of the molecule is CC(C)(C)NCc1cc(F)cc(OCCCCCCO)c1. The van der Waals surface area contributed by atoms with Crippen LogP contribution in [0.1, 0.15) is 52.0 Å². The molecule has 1 aromatic carbocycles. The Bertz CT molecular complexity index is 416. The quantitative estimate of drug-likeness (QED) is 0.684. The van der Waals surface area contributed by atoms with Gasteiger partial charge in [-0.3, -0.25) is 0 Å². The summed E-state index contributed by atoms with van der Waals surface area (Å²) in [6, 6.07) is 4.84. The molecule has 0 bridgehead atoms. The van der Waals surface area contributed by atoms with Crippen molar-refractivity contribution in [1.29, 1.82) is 0 Å². The monoisotopic (exact) mass is 297 g/mol. The molecule has 0 aliphatic heterocycles. The lowest BCUT2D eigenvalue weighted by atomic mass is 10.1. The van der Waals surface area contributed by atoms with Crippen LogP contribution < -0.4 is 10.1 Å². The number of aliphatic hydroxyl groups is 1. The lowest BCUT2D eigenvalue weighted by molar-refractivity contribution is 0.273. The highest BCUT2D eigenvalue weighted by molar-refractivity contribution is 5.29. The smallest absolute Gasteiger partial charge is 0.127 e. The van der Waals surface area contributed by atoms with Gasteiger partial charge in [-0.1, -0.05) is 6.42 Å². The first-order valence-electron chi connectivity index (χ1n) is 7.69. The second kappa shape index (κ2) is 9.00. The van der Waals surface area contributed by atoms with E-state index in [1.807, 2.05) is 6.07 Å². The zero-order valence-corrected chi connectivity index (χ0v) is 13.4. The highest BCUT2D eigenvalue weighted by Gasteiger charge is 2.09. The molecule has 0 saturated heterocycles. The Labute approximate surface area is 127 Å². The first-order valence-corrected chi connectivity index (χ1v) is 7.69. The van der Waals surface area contributed by atoms with Gasteiger partial charge < -0.3 is 15.2 Å². The van der Waals surface area contributed by atoms with Crippen LogP contribution in [0.3, 0.4) is 0 Å². The van der Waals surface area contributed by atoms with Gasteiger partial charge in [0.1, 0.15) is 11.6 Å². The van der Waals surface area contributed by atoms with Gasteiger partial charge in [-0.2, -0.15) is 0 Å². The molecule has 120 valence electrons. The maximum Gasteiger partial charge on any atom is 0.127 e.